The van der Waals surface area contributed by atoms with Gasteiger partial charge in [0.2, 0.25) is 5.91 Å². The summed E-state index contributed by atoms with van der Waals surface area (Å²) in [4.78, 5) is 11.6. The second kappa shape index (κ2) is 5.80. The molecule has 0 aliphatic rings. The van der Waals surface area contributed by atoms with Gasteiger partial charge in [0.15, 0.2) is 0 Å². The van der Waals surface area contributed by atoms with E-state index in [9.17, 15) is 9.00 Å². The van der Waals surface area contributed by atoms with E-state index in [1.807, 2.05) is 39.0 Å². The topological polar surface area (TPSA) is 46.2 Å². The molecule has 0 heterocycles. The second-order valence-electron chi connectivity index (χ2n) is 3.69. The number of hydrogen-bond donors (Lipinski definition) is 1. The van der Waals surface area contributed by atoms with Gasteiger partial charge in [-0.25, -0.2) is 0 Å². The number of para-hydroxylation sites is 1. The third-order valence-corrected chi connectivity index (χ3v) is 3.59. The zero-order valence-corrected chi connectivity index (χ0v) is 10.7. The van der Waals surface area contributed by atoms with Crippen LogP contribution in [0.4, 0.5) is 5.69 Å². The smallest absolute Gasteiger partial charge is 0.237 e. The zero-order valence-electron chi connectivity index (χ0n) is 9.87. The Balaban J connectivity index is 2.73. The number of benzene rings is 1. The molecule has 1 aromatic rings. The molecule has 0 bridgehead atoms. The lowest BCUT2D eigenvalue weighted by molar-refractivity contribution is -0.113. The van der Waals surface area contributed by atoms with Crippen molar-refractivity contribution in [2.75, 3.05) is 16.8 Å². The lowest BCUT2D eigenvalue weighted by Crippen LogP contribution is -2.21. The van der Waals surface area contributed by atoms with Crippen LogP contribution in [0, 0.1) is 13.8 Å². The van der Waals surface area contributed by atoms with E-state index in [4.69, 9.17) is 0 Å². The molecule has 0 aliphatic heterocycles. The van der Waals surface area contributed by atoms with Gasteiger partial charge in [-0.15, -0.1) is 0 Å². The molecule has 1 rings (SSSR count). The fourth-order valence-corrected chi connectivity index (χ4v) is 2.00. The summed E-state index contributed by atoms with van der Waals surface area (Å²) in [6.45, 7) is 5.70. The molecule has 0 aliphatic carbocycles. The highest BCUT2D eigenvalue weighted by atomic mass is 32.2. The highest BCUT2D eigenvalue weighted by Crippen LogP contribution is 2.19. The van der Waals surface area contributed by atoms with E-state index >= 15 is 0 Å². The number of aryl methyl sites for hydroxylation is 2. The van der Waals surface area contributed by atoms with Crippen LogP contribution < -0.4 is 5.32 Å². The van der Waals surface area contributed by atoms with Crippen molar-refractivity contribution < 1.29 is 9.00 Å². The summed E-state index contributed by atoms with van der Waals surface area (Å²) in [6.07, 6.45) is 0. The van der Waals surface area contributed by atoms with Crippen molar-refractivity contribution in [3.8, 4) is 0 Å². The predicted octanol–water partition coefficient (Wildman–Crippen LogP) is 2.01. The molecule has 0 radical (unpaired) electrons. The van der Waals surface area contributed by atoms with Gasteiger partial charge in [-0.05, 0) is 25.0 Å². The second-order valence-corrected chi connectivity index (χ2v) is 5.43. The van der Waals surface area contributed by atoms with Crippen LogP contribution in [-0.2, 0) is 15.6 Å². The standard InChI is InChI=1S/C12H17NO2S/c1-4-16(15)8-11(14)13-12-9(2)6-5-7-10(12)3/h5-7H,4,8H2,1-3H3,(H,13,14). The molecule has 1 unspecified atom stereocenters. The molecular formula is C12H17NO2S. The molecule has 1 atom stereocenters. The molecule has 4 heteroatoms. The summed E-state index contributed by atoms with van der Waals surface area (Å²) < 4.78 is 11.2. The number of anilines is 1. The maximum atomic E-state index is 11.6. The van der Waals surface area contributed by atoms with Crippen LogP contribution in [0.1, 0.15) is 18.1 Å². The number of carbonyl (C=O) groups excluding carboxylic acids is 1. The summed E-state index contributed by atoms with van der Waals surface area (Å²) in [5.74, 6) is 0.405. The van der Waals surface area contributed by atoms with Crippen molar-refractivity contribution in [1.29, 1.82) is 0 Å². The zero-order chi connectivity index (χ0) is 12.1. The van der Waals surface area contributed by atoms with E-state index in [2.05, 4.69) is 5.32 Å². The number of nitrogens with one attached hydrogen (secondary N) is 1. The van der Waals surface area contributed by atoms with Crippen molar-refractivity contribution in [2.45, 2.75) is 20.8 Å². The Morgan fingerprint density at radius 1 is 1.31 bits per heavy atom. The fraction of sp³-hybridized carbons (Fsp3) is 0.417. The average Bonchev–Trinajstić information content (AvgIpc) is 2.23. The lowest BCUT2D eigenvalue weighted by atomic mass is 10.1. The monoisotopic (exact) mass is 239 g/mol. The van der Waals surface area contributed by atoms with Crippen molar-refractivity contribution in [3.05, 3.63) is 29.3 Å². The molecule has 1 aromatic carbocycles. The quantitative estimate of drug-likeness (QED) is 0.873. The third-order valence-electron chi connectivity index (χ3n) is 2.36. The lowest BCUT2D eigenvalue weighted by Gasteiger charge is -2.10. The molecule has 1 amide bonds. The van der Waals surface area contributed by atoms with Crippen LogP contribution in [-0.4, -0.2) is 21.6 Å². The number of amides is 1. The fourth-order valence-electron chi connectivity index (χ4n) is 1.44. The van der Waals surface area contributed by atoms with E-state index < -0.39 is 10.8 Å². The Bertz CT molecular complexity index is 395. The number of carbonyl (C=O) groups is 1. The molecule has 0 saturated carbocycles. The molecule has 0 aromatic heterocycles. The first-order valence-electron chi connectivity index (χ1n) is 5.25. The third kappa shape index (κ3) is 3.45. The molecular weight excluding hydrogens is 222 g/mol. The van der Waals surface area contributed by atoms with E-state index in [1.54, 1.807) is 0 Å². The van der Waals surface area contributed by atoms with Gasteiger partial charge in [0, 0.05) is 22.2 Å². The molecule has 0 fully saturated rings. The highest BCUT2D eigenvalue weighted by molar-refractivity contribution is 7.85. The van der Waals surface area contributed by atoms with Crippen LogP contribution in [0.25, 0.3) is 0 Å². The van der Waals surface area contributed by atoms with Gasteiger partial charge in [-0.3, -0.25) is 9.00 Å². The molecule has 1 N–H and O–H groups in total. The molecule has 16 heavy (non-hydrogen) atoms. The minimum absolute atomic E-state index is 0.0737. The van der Waals surface area contributed by atoms with Gasteiger partial charge >= 0.3 is 0 Å². The van der Waals surface area contributed by atoms with Gasteiger partial charge in [0.05, 0.1) is 0 Å². The van der Waals surface area contributed by atoms with Crippen LogP contribution in [0.2, 0.25) is 0 Å². The van der Waals surface area contributed by atoms with Crippen LogP contribution in [0.15, 0.2) is 18.2 Å². The summed E-state index contributed by atoms with van der Waals surface area (Å²) >= 11 is 0. The Kier molecular flexibility index (Phi) is 4.68. The normalized spacial score (nSPS) is 12.2. The minimum Gasteiger partial charge on any atom is -0.325 e. The number of rotatable bonds is 4. The van der Waals surface area contributed by atoms with Crippen molar-refractivity contribution in [2.24, 2.45) is 0 Å². The Labute approximate surface area is 98.7 Å². The van der Waals surface area contributed by atoms with Crippen molar-refractivity contribution in [1.82, 2.24) is 0 Å². The molecule has 3 nitrogen and oxygen atoms in total. The van der Waals surface area contributed by atoms with Gasteiger partial charge in [0.25, 0.3) is 0 Å². The largest absolute Gasteiger partial charge is 0.325 e. The maximum Gasteiger partial charge on any atom is 0.237 e. The van der Waals surface area contributed by atoms with E-state index in [0.717, 1.165) is 16.8 Å². The maximum absolute atomic E-state index is 11.6. The van der Waals surface area contributed by atoms with E-state index in [-0.39, 0.29) is 11.7 Å². The highest BCUT2D eigenvalue weighted by Gasteiger charge is 2.09. The van der Waals surface area contributed by atoms with Gasteiger partial charge < -0.3 is 5.32 Å². The number of hydrogen-bond acceptors (Lipinski definition) is 2. The van der Waals surface area contributed by atoms with Crippen LogP contribution in [0.5, 0.6) is 0 Å². The van der Waals surface area contributed by atoms with Crippen LogP contribution >= 0.6 is 0 Å². The molecule has 88 valence electrons. The van der Waals surface area contributed by atoms with Gasteiger partial charge in [-0.2, -0.15) is 0 Å². The van der Waals surface area contributed by atoms with E-state index in [1.165, 1.54) is 0 Å². The average molecular weight is 239 g/mol. The minimum atomic E-state index is -1.06. The molecule has 0 spiro atoms. The van der Waals surface area contributed by atoms with Gasteiger partial charge in [0.1, 0.15) is 5.75 Å². The predicted molar refractivity (Wildman–Crippen MR) is 68.1 cm³/mol. The summed E-state index contributed by atoms with van der Waals surface area (Å²) in [7, 11) is -1.06. The first-order valence-corrected chi connectivity index (χ1v) is 6.74. The Morgan fingerprint density at radius 2 is 1.88 bits per heavy atom. The van der Waals surface area contributed by atoms with Crippen molar-refractivity contribution >= 4 is 22.4 Å². The molecule has 0 saturated heterocycles. The summed E-state index contributed by atoms with van der Waals surface area (Å²) in [6, 6.07) is 5.84. The van der Waals surface area contributed by atoms with E-state index in [0.29, 0.717) is 5.75 Å². The summed E-state index contributed by atoms with van der Waals surface area (Å²) in [5.41, 5.74) is 2.88. The summed E-state index contributed by atoms with van der Waals surface area (Å²) in [5, 5.41) is 2.81. The first-order chi connectivity index (χ1) is 7.54. The van der Waals surface area contributed by atoms with Crippen LogP contribution in [0.3, 0.4) is 0 Å². The van der Waals surface area contributed by atoms with Crippen molar-refractivity contribution in [3.63, 3.8) is 0 Å². The Hall–Kier alpha value is -1.16. The first kappa shape index (κ1) is 12.9. The van der Waals surface area contributed by atoms with Gasteiger partial charge in [-0.1, -0.05) is 25.1 Å². The SMILES string of the molecule is CCS(=O)CC(=O)Nc1c(C)cccc1C. The Morgan fingerprint density at radius 3 is 2.38 bits per heavy atom.